The van der Waals surface area contributed by atoms with Crippen molar-refractivity contribution in [2.45, 2.75) is 19.6 Å². The molecule has 0 saturated carbocycles. The summed E-state index contributed by atoms with van der Waals surface area (Å²) in [6.45, 7) is 2.30. The third kappa shape index (κ3) is 2.39. The second-order valence-electron chi connectivity index (χ2n) is 4.51. The number of imidazole rings is 1. The first-order valence-electron chi connectivity index (χ1n) is 6.03. The summed E-state index contributed by atoms with van der Waals surface area (Å²) in [5, 5.41) is 12.4. The summed E-state index contributed by atoms with van der Waals surface area (Å²) in [6.07, 6.45) is -0.424. The number of thiophene rings is 1. The number of nitrogens with zero attached hydrogens (tertiary/aromatic N) is 2. The number of halogens is 1. The predicted octanol–water partition coefficient (Wildman–Crippen LogP) is 3.80. The van der Waals surface area contributed by atoms with Crippen molar-refractivity contribution >= 4 is 34.0 Å². The molecule has 5 heteroatoms. The van der Waals surface area contributed by atoms with E-state index in [0.717, 1.165) is 21.7 Å². The molecule has 0 saturated heterocycles. The fourth-order valence-corrected chi connectivity index (χ4v) is 3.03. The van der Waals surface area contributed by atoms with Gasteiger partial charge in [-0.15, -0.1) is 11.3 Å². The van der Waals surface area contributed by atoms with Gasteiger partial charge < -0.3 is 9.67 Å². The summed E-state index contributed by atoms with van der Waals surface area (Å²) in [7, 11) is 0. The highest BCUT2D eigenvalue weighted by Gasteiger charge is 2.14. The summed E-state index contributed by atoms with van der Waals surface area (Å²) in [5.41, 5.74) is 1.85. The molecule has 0 amide bonds. The number of fused-ring (bicyclic) bond motifs is 1. The molecule has 0 aliphatic carbocycles. The smallest absolute Gasteiger partial charge is 0.151 e. The van der Waals surface area contributed by atoms with Crippen LogP contribution in [0.4, 0.5) is 0 Å². The maximum atomic E-state index is 9.69. The van der Waals surface area contributed by atoms with Crippen LogP contribution in [0.2, 0.25) is 5.02 Å². The van der Waals surface area contributed by atoms with E-state index in [1.807, 2.05) is 40.3 Å². The quantitative estimate of drug-likeness (QED) is 0.797. The van der Waals surface area contributed by atoms with Crippen molar-refractivity contribution in [3.8, 4) is 10.7 Å². The Morgan fingerprint density at radius 3 is 2.95 bits per heavy atom. The SMILES string of the molecule is CC(O)Cn1c(-c2cccs2)nc2cc(Cl)ccc21. The van der Waals surface area contributed by atoms with Gasteiger partial charge in [0.05, 0.1) is 28.6 Å². The minimum absolute atomic E-state index is 0.424. The van der Waals surface area contributed by atoms with Gasteiger partial charge >= 0.3 is 0 Å². The molecular weight excluding hydrogens is 280 g/mol. The molecule has 3 nitrogen and oxygen atoms in total. The third-order valence-electron chi connectivity index (χ3n) is 2.90. The molecule has 0 spiro atoms. The molecule has 2 aromatic heterocycles. The second kappa shape index (κ2) is 4.96. The van der Waals surface area contributed by atoms with Crippen LogP contribution in [0.25, 0.3) is 21.7 Å². The van der Waals surface area contributed by atoms with E-state index in [1.54, 1.807) is 18.3 Å². The summed E-state index contributed by atoms with van der Waals surface area (Å²) in [4.78, 5) is 5.74. The Labute approximate surface area is 120 Å². The zero-order chi connectivity index (χ0) is 13.4. The molecule has 1 aromatic carbocycles. The number of benzene rings is 1. The Hall–Kier alpha value is -1.36. The lowest BCUT2D eigenvalue weighted by atomic mass is 10.3. The standard InChI is InChI=1S/C14H13ClN2OS/c1-9(18)8-17-12-5-4-10(15)7-11(12)16-14(17)13-3-2-6-19-13/h2-7,9,18H,8H2,1H3. The average molecular weight is 293 g/mol. The summed E-state index contributed by atoms with van der Waals surface area (Å²) < 4.78 is 2.04. The van der Waals surface area contributed by atoms with Gasteiger partial charge in [0.15, 0.2) is 5.82 Å². The highest BCUT2D eigenvalue weighted by atomic mass is 35.5. The van der Waals surface area contributed by atoms with Crippen LogP contribution in [-0.4, -0.2) is 20.8 Å². The highest BCUT2D eigenvalue weighted by Crippen LogP contribution is 2.29. The van der Waals surface area contributed by atoms with Crippen LogP contribution in [0, 0.1) is 0 Å². The van der Waals surface area contributed by atoms with Crippen LogP contribution in [0.15, 0.2) is 35.7 Å². The van der Waals surface area contributed by atoms with E-state index in [9.17, 15) is 5.11 Å². The fourth-order valence-electron chi connectivity index (χ4n) is 2.15. The second-order valence-corrected chi connectivity index (χ2v) is 5.89. The lowest BCUT2D eigenvalue weighted by Crippen LogP contribution is -2.12. The summed E-state index contributed by atoms with van der Waals surface area (Å²) in [5.74, 6) is 0.883. The van der Waals surface area contributed by atoms with Crippen molar-refractivity contribution in [3.63, 3.8) is 0 Å². The van der Waals surface area contributed by atoms with Gasteiger partial charge in [-0.05, 0) is 36.6 Å². The number of hydrogen-bond donors (Lipinski definition) is 1. The van der Waals surface area contributed by atoms with Gasteiger partial charge in [-0.1, -0.05) is 17.7 Å². The minimum atomic E-state index is -0.424. The monoisotopic (exact) mass is 292 g/mol. The van der Waals surface area contributed by atoms with Gasteiger partial charge in [0, 0.05) is 5.02 Å². The van der Waals surface area contributed by atoms with E-state index < -0.39 is 6.10 Å². The first kappa shape index (κ1) is 12.7. The van der Waals surface area contributed by atoms with Crippen LogP contribution in [0.5, 0.6) is 0 Å². The third-order valence-corrected chi connectivity index (χ3v) is 4.00. The Kier molecular flexibility index (Phi) is 3.31. The fraction of sp³-hybridized carbons (Fsp3) is 0.214. The Bertz CT molecular complexity index is 704. The van der Waals surface area contributed by atoms with Crippen LogP contribution < -0.4 is 0 Å². The van der Waals surface area contributed by atoms with E-state index in [2.05, 4.69) is 4.98 Å². The van der Waals surface area contributed by atoms with Gasteiger partial charge in [0.1, 0.15) is 0 Å². The van der Waals surface area contributed by atoms with Crippen molar-refractivity contribution in [2.75, 3.05) is 0 Å². The van der Waals surface area contributed by atoms with Crippen LogP contribution in [-0.2, 0) is 6.54 Å². The van der Waals surface area contributed by atoms with E-state index >= 15 is 0 Å². The van der Waals surface area contributed by atoms with Gasteiger partial charge in [0.25, 0.3) is 0 Å². The number of aliphatic hydroxyl groups is 1. The Balaban J connectivity index is 2.24. The molecule has 2 heterocycles. The maximum Gasteiger partial charge on any atom is 0.151 e. The molecule has 1 unspecified atom stereocenters. The number of aliphatic hydroxyl groups excluding tert-OH is 1. The van der Waals surface area contributed by atoms with E-state index in [4.69, 9.17) is 11.6 Å². The van der Waals surface area contributed by atoms with Crippen molar-refractivity contribution in [1.29, 1.82) is 0 Å². The van der Waals surface area contributed by atoms with Crippen LogP contribution in [0.3, 0.4) is 0 Å². The molecule has 0 aliphatic heterocycles. The molecule has 3 aromatic rings. The molecule has 0 bridgehead atoms. The van der Waals surface area contributed by atoms with Gasteiger partial charge in [-0.2, -0.15) is 0 Å². The minimum Gasteiger partial charge on any atom is -0.392 e. The molecule has 1 atom stereocenters. The summed E-state index contributed by atoms with van der Waals surface area (Å²) in [6, 6.07) is 9.68. The van der Waals surface area contributed by atoms with Crippen molar-refractivity contribution in [1.82, 2.24) is 9.55 Å². The Morgan fingerprint density at radius 2 is 2.26 bits per heavy atom. The molecule has 0 radical (unpaired) electrons. The molecule has 98 valence electrons. The first-order valence-corrected chi connectivity index (χ1v) is 7.28. The normalized spacial score (nSPS) is 13.0. The molecular formula is C14H13ClN2OS. The van der Waals surface area contributed by atoms with Crippen molar-refractivity contribution in [3.05, 3.63) is 40.7 Å². The topological polar surface area (TPSA) is 38.0 Å². The number of hydrogen-bond acceptors (Lipinski definition) is 3. The van der Waals surface area contributed by atoms with Gasteiger partial charge in [-0.25, -0.2) is 4.98 Å². The van der Waals surface area contributed by atoms with E-state index in [0.29, 0.717) is 11.6 Å². The predicted molar refractivity (Wildman–Crippen MR) is 79.7 cm³/mol. The lowest BCUT2D eigenvalue weighted by molar-refractivity contribution is 0.175. The zero-order valence-corrected chi connectivity index (χ0v) is 11.9. The van der Waals surface area contributed by atoms with E-state index in [1.165, 1.54) is 0 Å². The highest BCUT2D eigenvalue weighted by molar-refractivity contribution is 7.13. The molecule has 1 N–H and O–H groups in total. The first-order chi connectivity index (χ1) is 9.15. The summed E-state index contributed by atoms with van der Waals surface area (Å²) >= 11 is 7.65. The lowest BCUT2D eigenvalue weighted by Gasteiger charge is -2.10. The Morgan fingerprint density at radius 1 is 1.42 bits per heavy atom. The molecule has 19 heavy (non-hydrogen) atoms. The molecule has 0 fully saturated rings. The molecule has 0 aliphatic rings. The number of rotatable bonds is 3. The van der Waals surface area contributed by atoms with Crippen molar-refractivity contribution < 1.29 is 5.11 Å². The van der Waals surface area contributed by atoms with E-state index in [-0.39, 0.29) is 0 Å². The van der Waals surface area contributed by atoms with Gasteiger partial charge in [0.2, 0.25) is 0 Å². The zero-order valence-electron chi connectivity index (χ0n) is 10.4. The molecule has 3 rings (SSSR count). The van der Waals surface area contributed by atoms with Gasteiger partial charge in [-0.3, -0.25) is 0 Å². The van der Waals surface area contributed by atoms with Crippen LogP contribution >= 0.6 is 22.9 Å². The number of aromatic nitrogens is 2. The van der Waals surface area contributed by atoms with Crippen LogP contribution in [0.1, 0.15) is 6.92 Å². The van der Waals surface area contributed by atoms with Crippen molar-refractivity contribution in [2.24, 2.45) is 0 Å². The largest absolute Gasteiger partial charge is 0.392 e. The average Bonchev–Trinajstić information content (AvgIpc) is 2.96. The maximum absolute atomic E-state index is 9.69.